The number of hydrogen-bond donors (Lipinski definition) is 3. The minimum absolute atomic E-state index is 0.0181. The standard InChI is InChI=1S/C14H17BrN2O5/c1-22-14(21)11(8-18)17-12(19)6-7-16-13(20)9-2-4-10(15)5-3-9/h2-5,11,18H,6-8H2,1H3,(H,16,20)(H,17,19)/t11-/m0/s1. The van der Waals surface area contributed by atoms with E-state index in [0.29, 0.717) is 5.56 Å². The van der Waals surface area contributed by atoms with Gasteiger partial charge in [0, 0.05) is 23.0 Å². The van der Waals surface area contributed by atoms with Crippen LogP contribution < -0.4 is 10.6 Å². The van der Waals surface area contributed by atoms with Crippen LogP contribution in [0.15, 0.2) is 28.7 Å². The Morgan fingerprint density at radius 1 is 1.27 bits per heavy atom. The maximum atomic E-state index is 11.8. The van der Waals surface area contributed by atoms with Crippen LogP contribution in [0.3, 0.4) is 0 Å². The normalized spacial score (nSPS) is 11.4. The molecule has 22 heavy (non-hydrogen) atoms. The molecule has 3 N–H and O–H groups in total. The van der Waals surface area contributed by atoms with Crippen LogP contribution in [0.1, 0.15) is 16.8 Å². The number of hydrogen-bond acceptors (Lipinski definition) is 5. The molecule has 0 aromatic heterocycles. The van der Waals surface area contributed by atoms with E-state index in [1.165, 1.54) is 0 Å². The van der Waals surface area contributed by atoms with Gasteiger partial charge in [0.15, 0.2) is 6.04 Å². The second-order valence-corrected chi connectivity index (χ2v) is 5.25. The Kier molecular flexibility index (Phi) is 7.55. The van der Waals surface area contributed by atoms with Crippen LogP contribution in [0.2, 0.25) is 0 Å². The molecule has 0 spiro atoms. The van der Waals surface area contributed by atoms with E-state index >= 15 is 0 Å². The van der Waals surface area contributed by atoms with Crippen molar-refractivity contribution in [3.05, 3.63) is 34.3 Å². The molecule has 7 nitrogen and oxygen atoms in total. The molecule has 0 heterocycles. The van der Waals surface area contributed by atoms with Crippen LogP contribution in [-0.2, 0) is 14.3 Å². The largest absolute Gasteiger partial charge is 0.467 e. The summed E-state index contributed by atoms with van der Waals surface area (Å²) in [5.41, 5.74) is 0.478. The first kappa shape index (κ1) is 18.1. The summed E-state index contributed by atoms with van der Waals surface area (Å²) in [6, 6.07) is 5.68. The Balaban J connectivity index is 2.37. The average molecular weight is 373 g/mol. The average Bonchev–Trinajstić information content (AvgIpc) is 2.52. The van der Waals surface area contributed by atoms with Crippen LogP contribution >= 0.6 is 15.9 Å². The zero-order valence-electron chi connectivity index (χ0n) is 12.0. The van der Waals surface area contributed by atoms with Gasteiger partial charge in [-0.05, 0) is 24.3 Å². The summed E-state index contributed by atoms with van der Waals surface area (Å²) in [4.78, 5) is 34.6. The maximum Gasteiger partial charge on any atom is 0.330 e. The maximum absolute atomic E-state index is 11.8. The summed E-state index contributed by atoms with van der Waals surface area (Å²) in [7, 11) is 1.16. The molecule has 0 aliphatic rings. The van der Waals surface area contributed by atoms with Crippen molar-refractivity contribution in [2.24, 2.45) is 0 Å². The molecule has 0 saturated carbocycles. The summed E-state index contributed by atoms with van der Waals surface area (Å²) in [5, 5.41) is 13.9. The number of carbonyl (C=O) groups is 3. The lowest BCUT2D eigenvalue weighted by Crippen LogP contribution is -2.44. The fraction of sp³-hybridized carbons (Fsp3) is 0.357. The first-order chi connectivity index (χ1) is 10.5. The molecule has 0 saturated heterocycles. The number of amides is 2. The van der Waals surface area contributed by atoms with E-state index in [-0.39, 0.29) is 18.9 Å². The van der Waals surface area contributed by atoms with Gasteiger partial charge < -0.3 is 20.5 Å². The summed E-state index contributed by atoms with van der Waals surface area (Å²) in [6.07, 6.45) is -0.0181. The van der Waals surface area contributed by atoms with E-state index in [1.807, 2.05) is 0 Å². The van der Waals surface area contributed by atoms with E-state index in [9.17, 15) is 14.4 Å². The highest BCUT2D eigenvalue weighted by atomic mass is 79.9. The molecular weight excluding hydrogens is 356 g/mol. The molecule has 0 aliphatic carbocycles. The molecule has 1 aromatic carbocycles. The first-order valence-electron chi connectivity index (χ1n) is 6.49. The first-order valence-corrected chi connectivity index (χ1v) is 7.29. The van der Waals surface area contributed by atoms with Crippen LogP contribution in [0.4, 0.5) is 0 Å². The summed E-state index contributed by atoms with van der Waals surface area (Å²) in [5.74, 6) is -1.50. The van der Waals surface area contributed by atoms with Gasteiger partial charge in [0.25, 0.3) is 5.91 Å². The predicted octanol–water partition coefficient (Wildman–Crippen LogP) is 0.219. The molecule has 0 fully saturated rings. The van der Waals surface area contributed by atoms with Gasteiger partial charge in [-0.1, -0.05) is 15.9 Å². The molecule has 0 bridgehead atoms. The van der Waals surface area contributed by atoms with Crippen molar-refractivity contribution in [3.63, 3.8) is 0 Å². The lowest BCUT2D eigenvalue weighted by atomic mass is 10.2. The smallest absolute Gasteiger partial charge is 0.330 e. The topological polar surface area (TPSA) is 105 Å². The van der Waals surface area contributed by atoms with Crippen LogP contribution in [0, 0.1) is 0 Å². The SMILES string of the molecule is COC(=O)[C@H](CO)NC(=O)CCNC(=O)c1ccc(Br)cc1. The molecule has 0 radical (unpaired) electrons. The Morgan fingerprint density at radius 3 is 2.45 bits per heavy atom. The number of halogens is 1. The predicted molar refractivity (Wildman–Crippen MR) is 82.1 cm³/mol. The van der Waals surface area contributed by atoms with Crippen molar-refractivity contribution >= 4 is 33.7 Å². The molecule has 0 unspecified atom stereocenters. The van der Waals surface area contributed by atoms with Gasteiger partial charge in [-0.25, -0.2) is 4.79 Å². The zero-order chi connectivity index (χ0) is 16.5. The molecule has 0 aliphatic heterocycles. The Bertz CT molecular complexity index is 533. The molecule has 1 atom stereocenters. The molecule has 2 amide bonds. The van der Waals surface area contributed by atoms with Crippen molar-refractivity contribution in [1.82, 2.24) is 10.6 Å². The molecule has 8 heteroatoms. The summed E-state index contributed by atoms with van der Waals surface area (Å²) < 4.78 is 5.29. The third-order valence-electron chi connectivity index (χ3n) is 2.75. The monoisotopic (exact) mass is 372 g/mol. The van der Waals surface area contributed by atoms with Gasteiger partial charge in [0.2, 0.25) is 5.91 Å². The molecule has 1 aromatic rings. The van der Waals surface area contributed by atoms with Gasteiger partial charge in [-0.2, -0.15) is 0 Å². The number of esters is 1. The number of methoxy groups -OCH3 is 1. The summed E-state index contributed by atoms with van der Waals surface area (Å²) in [6.45, 7) is -0.441. The van der Waals surface area contributed by atoms with Gasteiger partial charge in [0.05, 0.1) is 13.7 Å². The second-order valence-electron chi connectivity index (χ2n) is 4.34. The Labute approximate surface area is 136 Å². The lowest BCUT2D eigenvalue weighted by molar-refractivity contribution is -0.146. The minimum Gasteiger partial charge on any atom is -0.467 e. The zero-order valence-corrected chi connectivity index (χ0v) is 13.6. The van der Waals surface area contributed by atoms with E-state index in [0.717, 1.165) is 11.6 Å². The number of nitrogens with one attached hydrogen (secondary N) is 2. The van der Waals surface area contributed by atoms with Crippen LogP contribution in [0.5, 0.6) is 0 Å². The van der Waals surface area contributed by atoms with Gasteiger partial charge >= 0.3 is 5.97 Å². The van der Waals surface area contributed by atoms with E-state index in [4.69, 9.17) is 5.11 Å². The minimum atomic E-state index is -1.10. The molecular formula is C14H17BrN2O5. The van der Waals surface area contributed by atoms with Gasteiger partial charge in [0.1, 0.15) is 0 Å². The number of carbonyl (C=O) groups excluding carboxylic acids is 3. The van der Waals surface area contributed by atoms with Crippen molar-refractivity contribution < 1.29 is 24.2 Å². The highest BCUT2D eigenvalue weighted by molar-refractivity contribution is 9.10. The van der Waals surface area contributed by atoms with E-state index < -0.39 is 24.5 Å². The number of aliphatic hydroxyl groups excluding tert-OH is 1. The summed E-state index contributed by atoms with van der Waals surface area (Å²) >= 11 is 3.27. The number of benzene rings is 1. The van der Waals surface area contributed by atoms with E-state index in [1.54, 1.807) is 24.3 Å². The highest BCUT2D eigenvalue weighted by Crippen LogP contribution is 2.10. The highest BCUT2D eigenvalue weighted by Gasteiger charge is 2.20. The van der Waals surface area contributed by atoms with Gasteiger partial charge in [-0.15, -0.1) is 0 Å². The van der Waals surface area contributed by atoms with Crippen molar-refractivity contribution in [2.75, 3.05) is 20.3 Å². The second kappa shape index (κ2) is 9.16. The number of ether oxygens (including phenoxy) is 1. The molecule has 1 rings (SSSR count). The van der Waals surface area contributed by atoms with Crippen LogP contribution in [0.25, 0.3) is 0 Å². The van der Waals surface area contributed by atoms with Crippen molar-refractivity contribution in [2.45, 2.75) is 12.5 Å². The van der Waals surface area contributed by atoms with Gasteiger partial charge in [-0.3, -0.25) is 9.59 Å². The third-order valence-corrected chi connectivity index (χ3v) is 3.28. The Morgan fingerprint density at radius 2 is 1.91 bits per heavy atom. The fourth-order valence-electron chi connectivity index (χ4n) is 1.58. The Hall–Kier alpha value is -1.93. The molecule has 120 valence electrons. The third kappa shape index (κ3) is 5.82. The van der Waals surface area contributed by atoms with Crippen molar-refractivity contribution in [1.29, 1.82) is 0 Å². The lowest BCUT2D eigenvalue weighted by Gasteiger charge is -2.13. The van der Waals surface area contributed by atoms with Crippen LogP contribution in [-0.4, -0.2) is 49.2 Å². The number of rotatable bonds is 7. The van der Waals surface area contributed by atoms with E-state index in [2.05, 4.69) is 31.3 Å². The van der Waals surface area contributed by atoms with Crippen molar-refractivity contribution in [3.8, 4) is 0 Å². The number of aliphatic hydroxyl groups is 1. The fourth-order valence-corrected chi connectivity index (χ4v) is 1.85. The quantitative estimate of drug-likeness (QED) is 0.593.